The number of methoxy groups -OCH3 is 1. The van der Waals surface area contributed by atoms with Gasteiger partial charge in [0, 0.05) is 6.54 Å². The van der Waals surface area contributed by atoms with E-state index in [1.54, 1.807) is 13.2 Å². The average Bonchev–Trinajstić information content (AvgIpc) is 2.95. The van der Waals surface area contributed by atoms with Gasteiger partial charge in [0.2, 0.25) is 5.91 Å². The van der Waals surface area contributed by atoms with E-state index in [1.807, 2.05) is 30.3 Å². The molecule has 2 N–H and O–H groups in total. The van der Waals surface area contributed by atoms with Gasteiger partial charge in [0.05, 0.1) is 19.2 Å². The lowest BCUT2D eigenvalue weighted by molar-refractivity contribution is -0.132. The average molecular weight is 271 g/mol. The van der Waals surface area contributed by atoms with E-state index in [-0.39, 0.29) is 5.91 Å². The Morgan fingerprint density at radius 2 is 2.25 bits per heavy atom. The highest BCUT2D eigenvalue weighted by Gasteiger charge is 2.28. The summed E-state index contributed by atoms with van der Waals surface area (Å²) in [6.07, 6.45) is 3.97. The summed E-state index contributed by atoms with van der Waals surface area (Å²) in [5.74, 6) is 0.569. The van der Waals surface area contributed by atoms with Crippen molar-refractivity contribution in [3.63, 3.8) is 0 Å². The molecule has 0 aromatic heterocycles. The number of amides is 1. The molecule has 1 aromatic rings. The second kappa shape index (κ2) is 6.22. The lowest BCUT2D eigenvalue weighted by Gasteiger charge is -2.23. The minimum Gasteiger partial charge on any atom is -0.497 e. The first-order valence-electron chi connectivity index (χ1n) is 6.41. The molecule has 1 heterocycles. The van der Waals surface area contributed by atoms with Crippen molar-refractivity contribution in [1.29, 1.82) is 5.26 Å². The largest absolute Gasteiger partial charge is 0.497 e. The fraction of sp³-hybridized carbons (Fsp3) is 0.333. The number of ether oxygens (including phenoxy) is 1. The molecule has 1 aliphatic rings. The fourth-order valence-electron chi connectivity index (χ4n) is 2.18. The van der Waals surface area contributed by atoms with Crippen LogP contribution in [0.1, 0.15) is 5.56 Å². The summed E-state index contributed by atoms with van der Waals surface area (Å²) in [5, 5.41) is 8.96. The van der Waals surface area contributed by atoms with Crippen LogP contribution in [0.4, 0.5) is 0 Å². The number of nitriles is 1. The normalized spacial score (nSPS) is 18.6. The van der Waals surface area contributed by atoms with Crippen LogP contribution in [0.15, 0.2) is 36.4 Å². The van der Waals surface area contributed by atoms with Gasteiger partial charge in [0.1, 0.15) is 11.8 Å². The summed E-state index contributed by atoms with van der Waals surface area (Å²) in [4.78, 5) is 13.7. The minimum absolute atomic E-state index is 0.197. The van der Waals surface area contributed by atoms with Gasteiger partial charge in [-0.1, -0.05) is 18.2 Å². The van der Waals surface area contributed by atoms with Gasteiger partial charge in [0.25, 0.3) is 0 Å². The molecule has 20 heavy (non-hydrogen) atoms. The van der Waals surface area contributed by atoms with Crippen LogP contribution < -0.4 is 10.5 Å². The molecule has 0 bridgehead atoms. The summed E-state index contributed by atoms with van der Waals surface area (Å²) in [6, 6.07) is 8.38. The molecule has 0 radical (unpaired) electrons. The van der Waals surface area contributed by atoms with Crippen molar-refractivity contribution in [3.05, 3.63) is 42.0 Å². The van der Waals surface area contributed by atoms with Crippen LogP contribution in [0.5, 0.6) is 5.75 Å². The van der Waals surface area contributed by atoms with Crippen LogP contribution >= 0.6 is 0 Å². The van der Waals surface area contributed by atoms with Gasteiger partial charge in [-0.3, -0.25) is 4.79 Å². The van der Waals surface area contributed by atoms with Crippen LogP contribution in [-0.4, -0.2) is 36.5 Å². The highest BCUT2D eigenvalue weighted by Crippen LogP contribution is 2.15. The third kappa shape index (κ3) is 2.98. The number of hydrogen-bond acceptors (Lipinski definition) is 4. The second-order valence-corrected chi connectivity index (χ2v) is 4.65. The van der Waals surface area contributed by atoms with Crippen molar-refractivity contribution < 1.29 is 9.53 Å². The smallest absolute Gasteiger partial charge is 0.241 e. The van der Waals surface area contributed by atoms with Gasteiger partial charge in [-0.2, -0.15) is 5.26 Å². The van der Waals surface area contributed by atoms with Gasteiger partial charge in [-0.25, -0.2) is 0 Å². The molecule has 1 aromatic carbocycles. The van der Waals surface area contributed by atoms with E-state index in [0.29, 0.717) is 13.0 Å². The molecule has 0 saturated carbocycles. The third-order valence-electron chi connectivity index (χ3n) is 3.30. The minimum atomic E-state index is -0.640. The summed E-state index contributed by atoms with van der Waals surface area (Å²) < 4.78 is 5.08. The Morgan fingerprint density at radius 3 is 2.85 bits per heavy atom. The van der Waals surface area contributed by atoms with E-state index in [1.165, 1.54) is 4.90 Å². The van der Waals surface area contributed by atoms with Gasteiger partial charge in [0.15, 0.2) is 0 Å². The Bertz CT molecular complexity index is 545. The first-order chi connectivity index (χ1) is 9.65. The molecule has 1 aliphatic heterocycles. The quantitative estimate of drug-likeness (QED) is 0.824. The zero-order chi connectivity index (χ0) is 14.5. The van der Waals surface area contributed by atoms with E-state index < -0.39 is 12.1 Å². The van der Waals surface area contributed by atoms with Crippen molar-refractivity contribution in [2.75, 3.05) is 13.7 Å². The zero-order valence-corrected chi connectivity index (χ0v) is 11.3. The lowest BCUT2D eigenvalue weighted by atomic mass is 10.1. The molecule has 0 unspecified atom stereocenters. The van der Waals surface area contributed by atoms with E-state index >= 15 is 0 Å². The van der Waals surface area contributed by atoms with Crippen molar-refractivity contribution >= 4 is 5.91 Å². The number of benzene rings is 1. The topological polar surface area (TPSA) is 79.3 Å². The molecule has 0 aliphatic carbocycles. The lowest BCUT2D eigenvalue weighted by Crippen LogP contribution is -2.46. The van der Waals surface area contributed by atoms with Crippen LogP contribution in [-0.2, 0) is 11.2 Å². The van der Waals surface area contributed by atoms with Crippen molar-refractivity contribution in [3.8, 4) is 11.8 Å². The molecule has 5 nitrogen and oxygen atoms in total. The highest BCUT2D eigenvalue weighted by atomic mass is 16.5. The maximum atomic E-state index is 12.2. The zero-order valence-electron chi connectivity index (χ0n) is 11.3. The van der Waals surface area contributed by atoms with E-state index in [4.69, 9.17) is 15.7 Å². The molecule has 0 fully saturated rings. The van der Waals surface area contributed by atoms with Crippen LogP contribution in [0.25, 0.3) is 0 Å². The van der Waals surface area contributed by atoms with Crippen molar-refractivity contribution in [2.24, 2.45) is 5.73 Å². The van der Waals surface area contributed by atoms with Gasteiger partial charge in [-0.05, 0) is 30.2 Å². The van der Waals surface area contributed by atoms with Crippen molar-refractivity contribution in [2.45, 2.75) is 18.5 Å². The molecule has 1 amide bonds. The summed E-state index contributed by atoms with van der Waals surface area (Å²) in [7, 11) is 1.60. The monoisotopic (exact) mass is 271 g/mol. The molecule has 0 saturated heterocycles. The number of carbonyl (C=O) groups excluding carboxylic acids is 1. The molecule has 2 rings (SSSR count). The summed E-state index contributed by atoms with van der Waals surface area (Å²) >= 11 is 0. The molecule has 104 valence electrons. The first kappa shape index (κ1) is 14.1. The number of nitrogens with zero attached hydrogens (tertiary/aromatic N) is 2. The molecular weight excluding hydrogens is 254 g/mol. The molecule has 5 heteroatoms. The number of carbonyl (C=O) groups is 1. The second-order valence-electron chi connectivity index (χ2n) is 4.65. The summed E-state index contributed by atoms with van der Waals surface area (Å²) in [6.45, 7) is 0.452. The Morgan fingerprint density at radius 1 is 1.55 bits per heavy atom. The highest BCUT2D eigenvalue weighted by molar-refractivity contribution is 5.83. The number of hydrogen-bond donors (Lipinski definition) is 1. The van der Waals surface area contributed by atoms with Gasteiger partial charge < -0.3 is 15.4 Å². The molecule has 2 atom stereocenters. The Balaban J connectivity index is 1.99. The van der Waals surface area contributed by atoms with E-state index in [2.05, 4.69) is 6.07 Å². The van der Waals surface area contributed by atoms with Crippen molar-refractivity contribution in [1.82, 2.24) is 4.90 Å². The maximum Gasteiger partial charge on any atom is 0.241 e. The first-order valence-corrected chi connectivity index (χ1v) is 6.41. The molecule has 0 spiro atoms. The number of nitrogens with two attached hydrogens (primary N) is 1. The fourth-order valence-corrected chi connectivity index (χ4v) is 2.18. The molecular formula is C15H17N3O2. The Hall–Kier alpha value is -2.32. The summed E-state index contributed by atoms with van der Waals surface area (Å²) in [5.41, 5.74) is 6.92. The van der Waals surface area contributed by atoms with Crippen LogP contribution in [0.2, 0.25) is 0 Å². The number of rotatable bonds is 4. The predicted octanol–water partition coefficient (Wildman–Crippen LogP) is 0.856. The van der Waals surface area contributed by atoms with E-state index in [9.17, 15) is 4.79 Å². The van der Waals surface area contributed by atoms with Crippen LogP contribution in [0.3, 0.4) is 0 Å². The van der Waals surface area contributed by atoms with E-state index in [0.717, 1.165) is 11.3 Å². The van der Waals surface area contributed by atoms with Gasteiger partial charge >= 0.3 is 0 Å². The predicted molar refractivity (Wildman–Crippen MR) is 74.9 cm³/mol. The Labute approximate surface area is 118 Å². The standard InChI is InChI=1S/C15H17N3O2/c1-20-13-6-4-11(5-7-13)9-14(17)15(19)18-8-2-3-12(18)10-16/h2-7,12,14H,8-9,17H2,1H3/t12-,14-/m0/s1. The Kier molecular flexibility index (Phi) is 4.38. The third-order valence-corrected chi connectivity index (χ3v) is 3.30. The van der Waals surface area contributed by atoms with Crippen LogP contribution in [0, 0.1) is 11.3 Å². The maximum absolute atomic E-state index is 12.2. The SMILES string of the molecule is COc1ccc(C[C@H](N)C(=O)N2CC=C[C@H]2C#N)cc1. The van der Waals surface area contributed by atoms with Gasteiger partial charge in [-0.15, -0.1) is 0 Å².